The first-order chi connectivity index (χ1) is 10.8. The molecule has 2 atom stereocenters. The maximum atomic E-state index is 13.0. The zero-order chi connectivity index (χ0) is 17.2. The number of non-ortho nitro benzene ring substituents is 1. The summed E-state index contributed by atoms with van der Waals surface area (Å²) >= 11 is 0. The van der Waals surface area contributed by atoms with Gasteiger partial charge in [0, 0.05) is 25.2 Å². The normalized spacial score (nSPS) is 22.7. The Balaban J connectivity index is 2.48. The molecular formula is C14H21N3O5S. The minimum absolute atomic E-state index is 0.0341. The number of sulfonamides is 1. The van der Waals surface area contributed by atoms with E-state index in [2.05, 4.69) is 0 Å². The van der Waals surface area contributed by atoms with E-state index in [9.17, 15) is 18.5 Å². The van der Waals surface area contributed by atoms with E-state index >= 15 is 0 Å². The van der Waals surface area contributed by atoms with E-state index in [4.69, 9.17) is 10.5 Å². The van der Waals surface area contributed by atoms with Crippen molar-refractivity contribution in [2.75, 3.05) is 20.2 Å². The van der Waals surface area contributed by atoms with Crippen LogP contribution in [0.5, 0.6) is 5.75 Å². The molecule has 1 aromatic rings. The number of ether oxygens (including phenoxy) is 1. The van der Waals surface area contributed by atoms with Crippen molar-refractivity contribution in [1.29, 1.82) is 0 Å². The highest BCUT2D eigenvalue weighted by molar-refractivity contribution is 7.89. The Bertz CT molecular complexity index is 692. The molecule has 1 aliphatic heterocycles. The lowest BCUT2D eigenvalue weighted by Gasteiger charge is -2.38. The predicted octanol–water partition coefficient (Wildman–Crippen LogP) is 1.35. The fourth-order valence-electron chi connectivity index (χ4n) is 2.97. The highest BCUT2D eigenvalue weighted by atomic mass is 32.2. The summed E-state index contributed by atoms with van der Waals surface area (Å²) < 4.78 is 32.4. The molecule has 1 heterocycles. The number of methoxy groups -OCH3 is 1. The summed E-state index contributed by atoms with van der Waals surface area (Å²) in [5, 5.41) is 10.8. The van der Waals surface area contributed by atoms with Gasteiger partial charge in [0.2, 0.25) is 10.0 Å². The zero-order valence-electron chi connectivity index (χ0n) is 13.1. The lowest BCUT2D eigenvalue weighted by atomic mass is 9.93. The van der Waals surface area contributed by atoms with E-state index in [0.717, 1.165) is 18.9 Å². The van der Waals surface area contributed by atoms with Crippen LogP contribution in [0, 0.1) is 16.0 Å². The van der Waals surface area contributed by atoms with Crippen LogP contribution < -0.4 is 10.5 Å². The number of nitro benzene ring substituents is 1. The van der Waals surface area contributed by atoms with Crippen molar-refractivity contribution in [3.8, 4) is 5.75 Å². The first-order valence-electron chi connectivity index (χ1n) is 7.37. The van der Waals surface area contributed by atoms with Crippen molar-refractivity contribution in [3.63, 3.8) is 0 Å². The summed E-state index contributed by atoms with van der Waals surface area (Å²) in [6.45, 7) is 2.59. The van der Waals surface area contributed by atoms with Crippen LogP contribution in [0.1, 0.15) is 19.8 Å². The molecular weight excluding hydrogens is 322 g/mol. The van der Waals surface area contributed by atoms with Crippen molar-refractivity contribution in [1.82, 2.24) is 4.31 Å². The second kappa shape index (κ2) is 6.81. The number of piperidine rings is 1. The van der Waals surface area contributed by atoms with Gasteiger partial charge in [0.25, 0.3) is 5.69 Å². The molecule has 1 saturated heterocycles. The number of rotatable bonds is 5. The van der Waals surface area contributed by atoms with Crippen LogP contribution in [-0.4, -0.2) is 43.9 Å². The van der Waals surface area contributed by atoms with Crippen molar-refractivity contribution >= 4 is 15.7 Å². The van der Waals surface area contributed by atoms with Crippen molar-refractivity contribution < 1.29 is 18.1 Å². The van der Waals surface area contributed by atoms with Gasteiger partial charge in [0.05, 0.1) is 18.1 Å². The molecule has 0 aromatic heterocycles. The topological polar surface area (TPSA) is 116 Å². The van der Waals surface area contributed by atoms with Gasteiger partial charge in [0.15, 0.2) is 0 Å². The van der Waals surface area contributed by atoms with Gasteiger partial charge in [-0.1, -0.05) is 6.92 Å². The summed E-state index contributed by atoms with van der Waals surface area (Å²) in [7, 11) is -2.55. The smallest absolute Gasteiger partial charge is 0.273 e. The SMILES string of the molecule is COc1cc([N+](=O)[O-])ccc1S(=O)(=O)N1CCCC(C)C1CN. The molecule has 2 rings (SSSR count). The molecule has 0 radical (unpaired) electrons. The molecule has 0 saturated carbocycles. The van der Waals surface area contributed by atoms with Gasteiger partial charge >= 0.3 is 0 Å². The Kier molecular flexibility index (Phi) is 5.23. The minimum atomic E-state index is -3.84. The Morgan fingerprint density at radius 2 is 2.17 bits per heavy atom. The largest absolute Gasteiger partial charge is 0.495 e. The highest BCUT2D eigenvalue weighted by Crippen LogP contribution is 2.34. The van der Waals surface area contributed by atoms with E-state index in [1.165, 1.54) is 23.5 Å². The molecule has 0 aliphatic carbocycles. The summed E-state index contributed by atoms with van der Waals surface area (Å²) in [4.78, 5) is 10.2. The molecule has 0 spiro atoms. The number of nitrogens with two attached hydrogens (primary N) is 1. The predicted molar refractivity (Wildman–Crippen MR) is 84.8 cm³/mol. The number of hydrogen-bond acceptors (Lipinski definition) is 6. The number of nitrogens with zero attached hydrogens (tertiary/aromatic N) is 2. The van der Waals surface area contributed by atoms with Gasteiger partial charge in [-0.05, 0) is 24.8 Å². The summed E-state index contributed by atoms with van der Waals surface area (Å²) in [6.07, 6.45) is 1.68. The van der Waals surface area contributed by atoms with Crippen LogP contribution in [0.2, 0.25) is 0 Å². The number of benzene rings is 1. The van der Waals surface area contributed by atoms with Crippen molar-refractivity contribution in [3.05, 3.63) is 28.3 Å². The average Bonchev–Trinajstić information content (AvgIpc) is 2.53. The molecule has 9 heteroatoms. The first-order valence-corrected chi connectivity index (χ1v) is 8.81. The van der Waals surface area contributed by atoms with Gasteiger partial charge in [-0.15, -0.1) is 0 Å². The molecule has 128 valence electrons. The second-order valence-electron chi connectivity index (χ2n) is 5.63. The zero-order valence-corrected chi connectivity index (χ0v) is 14.0. The summed E-state index contributed by atoms with van der Waals surface area (Å²) in [5.74, 6) is 0.126. The van der Waals surface area contributed by atoms with E-state index < -0.39 is 14.9 Å². The second-order valence-corrected chi connectivity index (χ2v) is 7.49. The van der Waals surface area contributed by atoms with Crippen LogP contribution in [0.25, 0.3) is 0 Å². The molecule has 2 unspecified atom stereocenters. The molecule has 0 amide bonds. The monoisotopic (exact) mass is 343 g/mol. The first kappa shape index (κ1) is 17.6. The molecule has 1 fully saturated rings. The maximum absolute atomic E-state index is 13.0. The lowest BCUT2D eigenvalue weighted by Crippen LogP contribution is -2.51. The Morgan fingerprint density at radius 1 is 1.48 bits per heavy atom. The number of hydrogen-bond donors (Lipinski definition) is 1. The molecule has 1 aromatic carbocycles. The molecule has 0 bridgehead atoms. The fraction of sp³-hybridized carbons (Fsp3) is 0.571. The van der Waals surface area contributed by atoms with Crippen LogP contribution in [0.3, 0.4) is 0 Å². The van der Waals surface area contributed by atoms with E-state index in [0.29, 0.717) is 6.54 Å². The third-order valence-corrected chi connectivity index (χ3v) is 6.21. The van der Waals surface area contributed by atoms with Crippen LogP contribution in [0.4, 0.5) is 5.69 Å². The van der Waals surface area contributed by atoms with Crippen LogP contribution in [-0.2, 0) is 10.0 Å². The minimum Gasteiger partial charge on any atom is -0.495 e. The van der Waals surface area contributed by atoms with Crippen LogP contribution >= 0.6 is 0 Å². The Morgan fingerprint density at radius 3 is 2.74 bits per heavy atom. The average molecular weight is 343 g/mol. The van der Waals surface area contributed by atoms with Gasteiger partial charge in [-0.2, -0.15) is 4.31 Å². The summed E-state index contributed by atoms with van der Waals surface area (Å²) in [6, 6.07) is 3.23. The van der Waals surface area contributed by atoms with Gasteiger partial charge in [-0.3, -0.25) is 10.1 Å². The highest BCUT2D eigenvalue weighted by Gasteiger charge is 2.38. The maximum Gasteiger partial charge on any atom is 0.273 e. The van der Waals surface area contributed by atoms with E-state index in [1.54, 1.807) is 0 Å². The molecule has 1 aliphatic rings. The third-order valence-electron chi connectivity index (χ3n) is 4.25. The van der Waals surface area contributed by atoms with E-state index in [1.807, 2.05) is 6.92 Å². The lowest BCUT2D eigenvalue weighted by molar-refractivity contribution is -0.385. The van der Waals surface area contributed by atoms with Gasteiger partial charge in [0.1, 0.15) is 10.6 Å². The van der Waals surface area contributed by atoms with E-state index in [-0.39, 0.29) is 34.8 Å². The number of nitro groups is 1. The molecule has 23 heavy (non-hydrogen) atoms. The van der Waals surface area contributed by atoms with Crippen LogP contribution in [0.15, 0.2) is 23.1 Å². The quantitative estimate of drug-likeness (QED) is 0.637. The third kappa shape index (κ3) is 3.31. The molecule has 2 N–H and O–H groups in total. The van der Waals surface area contributed by atoms with Crippen molar-refractivity contribution in [2.24, 2.45) is 11.7 Å². The Labute approximate surface area is 135 Å². The summed E-state index contributed by atoms with van der Waals surface area (Å²) in [5.41, 5.74) is 5.55. The molecule has 8 nitrogen and oxygen atoms in total. The Hall–Kier alpha value is -1.71. The van der Waals surface area contributed by atoms with Crippen molar-refractivity contribution in [2.45, 2.75) is 30.7 Å². The standard InChI is InChI=1S/C14H21N3O5S/c1-10-4-3-7-16(12(10)9-15)23(20,21)14-6-5-11(17(18)19)8-13(14)22-2/h5-6,8,10,12H,3-4,7,9,15H2,1-2H3. The fourth-order valence-corrected chi connectivity index (χ4v) is 4.88. The van der Waals surface area contributed by atoms with Gasteiger partial charge in [-0.25, -0.2) is 8.42 Å². The van der Waals surface area contributed by atoms with Gasteiger partial charge < -0.3 is 10.5 Å².